The van der Waals surface area contributed by atoms with Gasteiger partial charge in [-0.3, -0.25) is 4.90 Å². The molecule has 1 aromatic rings. The topological polar surface area (TPSA) is 59.0 Å². The molecule has 1 saturated heterocycles. The van der Waals surface area contributed by atoms with Gasteiger partial charge in [0.25, 0.3) is 0 Å². The molecule has 0 bridgehead atoms. The Balaban J connectivity index is 2.28. The maximum absolute atomic E-state index is 11.8. The van der Waals surface area contributed by atoms with Gasteiger partial charge in [0.05, 0.1) is 12.1 Å². The molecule has 0 spiro atoms. The minimum Gasteiger partial charge on any atom is -0.447 e. The molecule has 1 heterocycles. The predicted molar refractivity (Wildman–Crippen MR) is 64.8 cm³/mol. The first-order valence-corrected chi connectivity index (χ1v) is 5.86. The van der Waals surface area contributed by atoms with Crippen LogP contribution in [0.3, 0.4) is 0 Å². The first kappa shape index (κ1) is 12.9. The second-order valence-electron chi connectivity index (χ2n) is 4.28. The number of carbonyl (C=O) groups excluding carboxylic acids is 1. The van der Waals surface area contributed by atoms with Gasteiger partial charge in [0.1, 0.15) is 6.61 Å². The second kappa shape index (κ2) is 5.37. The molecule has 0 saturated carbocycles. The molecule has 0 aliphatic carbocycles. The number of benzene rings is 1. The zero-order valence-corrected chi connectivity index (χ0v) is 10.4. The highest BCUT2D eigenvalue weighted by Gasteiger charge is 2.41. The Morgan fingerprint density at radius 1 is 1.44 bits per heavy atom. The van der Waals surface area contributed by atoms with Gasteiger partial charge in [0.2, 0.25) is 0 Å². The molecule has 0 aromatic heterocycles. The van der Waals surface area contributed by atoms with E-state index in [9.17, 15) is 9.90 Å². The predicted octanol–water partition coefficient (Wildman–Crippen LogP) is 1.53. The van der Waals surface area contributed by atoms with Crippen molar-refractivity contribution < 1.29 is 19.4 Å². The number of nitrogens with zero attached hydrogens (tertiary/aromatic N) is 1. The van der Waals surface area contributed by atoms with E-state index in [-0.39, 0.29) is 12.6 Å². The van der Waals surface area contributed by atoms with Gasteiger partial charge in [0.15, 0.2) is 6.23 Å². The molecule has 5 nitrogen and oxygen atoms in total. The molecular formula is C13H17NO4. The van der Waals surface area contributed by atoms with Crippen molar-refractivity contribution in [3.05, 3.63) is 35.9 Å². The molecule has 98 valence electrons. The molecule has 1 fully saturated rings. The highest BCUT2D eigenvalue weighted by molar-refractivity contribution is 5.71. The van der Waals surface area contributed by atoms with Crippen molar-refractivity contribution in [1.82, 2.24) is 4.90 Å². The average Bonchev–Trinajstić information content (AvgIpc) is 2.74. The standard InChI is InChI=1S/C13H17NO4/c1-9(15)12(17-2)14-11(8-18-13(14)16)10-6-4-3-5-7-10/h3-7,9,11-12,15H,8H2,1-2H3/t9-,11+,12-/m1/s1. The summed E-state index contributed by atoms with van der Waals surface area (Å²) in [5.41, 5.74) is 0.964. The number of methoxy groups -OCH3 is 1. The number of aliphatic hydroxyl groups is 1. The van der Waals surface area contributed by atoms with Crippen molar-refractivity contribution in [3.63, 3.8) is 0 Å². The summed E-state index contributed by atoms with van der Waals surface area (Å²) in [5.74, 6) is 0. The van der Waals surface area contributed by atoms with Crippen molar-refractivity contribution >= 4 is 6.09 Å². The fourth-order valence-corrected chi connectivity index (χ4v) is 2.19. The third-order valence-corrected chi connectivity index (χ3v) is 3.02. The fourth-order valence-electron chi connectivity index (χ4n) is 2.19. The van der Waals surface area contributed by atoms with E-state index in [0.29, 0.717) is 0 Å². The van der Waals surface area contributed by atoms with E-state index in [0.717, 1.165) is 5.56 Å². The maximum atomic E-state index is 11.8. The summed E-state index contributed by atoms with van der Waals surface area (Å²) in [6.07, 6.45) is -1.95. The van der Waals surface area contributed by atoms with Crippen LogP contribution in [0.25, 0.3) is 0 Å². The van der Waals surface area contributed by atoms with E-state index >= 15 is 0 Å². The SMILES string of the molecule is CO[C@H]([C@@H](C)O)N1C(=O)OC[C@H]1c1ccccc1. The first-order chi connectivity index (χ1) is 8.65. The van der Waals surface area contributed by atoms with Crippen molar-refractivity contribution in [2.75, 3.05) is 13.7 Å². The maximum Gasteiger partial charge on any atom is 0.412 e. The summed E-state index contributed by atoms with van der Waals surface area (Å²) >= 11 is 0. The van der Waals surface area contributed by atoms with Crippen LogP contribution in [0.15, 0.2) is 30.3 Å². The fraction of sp³-hybridized carbons (Fsp3) is 0.462. The van der Waals surface area contributed by atoms with Gasteiger partial charge in [-0.05, 0) is 12.5 Å². The van der Waals surface area contributed by atoms with Crippen LogP contribution in [0.5, 0.6) is 0 Å². The Morgan fingerprint density at radius 2 is 2.11 bits per heavy atom. The van der Waals surface area contributed by atoms with Crippen molar-refractivity contribution in [2.24, 2.45) is 0 Å². The van der Waals surface area contributed by atoms with Crippen LogP contribution in [0.1, 0.15) is 18.5 Å². The van der Waals surface area contributed by atoms with Crippen LogP contribution >= 0.6 is 0 Å². The van der Waals surface area contributed by atoms with Crippen molar-refractivity contribution in [1.29, 1.82) is 0 Å². The molecule has 0 unspecified atom stereocenters. The Bertz CT molecular complexity index is 407. The zero-order valence-electron chi connectivity index (χ0n) is 10.4. The summed E-state index contributed by atoms with van der Waals surface area (Å²) in [6, 6.07) is 9.34. The highest BCUT2D eigenvalue weighted by Crippen LogP contribution is 2.30. The van der Waals surface area contributed by atoms with Crippen LogP contribution in [-0.2, 0) is 9.47 Å². The molecule has 1 amide bonds. The molecule has 0 radical (unpaired) electrons. The number of rotatable bonds is 4. The van der Waals surface area contributed by atoms with Gasteiger partial charge in [0, 0.05) is 7.11 Å². The van der Waals surface area contributed by atoms with Crippen LogP contribution in [0.2, 0.25) is 0 Å². The Morgan fingerprint density at radius 3 is 2.67 bits per heavy atom. The zero-order chi connectivity index (χ0) is 13.1. The lowest BCUT2D eigenvalue weighted by atomic mass is 10.1. The first-order valence-electron chi connectivity index (χ1n) is 5.86. The minimum atomic E-state index is -0.785. The third-order valence-electron chi connectivity index (χ3n) is 3.02. The number of ether oxygens (including phenoxy) is 2. The minimum absolute atomic E-state index is 0.224. The van der Waals surface area contributed by atoms with E-state index in [1.54, 1.807) is 6.92 Å². The molecule has 5 heteroatoms. The Labute approximate surface area is 106 Å². The summed E-state index contributed by atoms with van der Waals surface area (Å²) in [5, 5.41) is 9.68. The Hall–Kier alpha value is -1.59. The number of aliphatic hydroxyl groups excluding tert-OH is 1. The van der Waals surface area contributed by atoms with Gasteiger partial charge in [-0.1, -0.05) is 30.3 Å². The van der Waals surface area contributed by atoms with Gasteiger partial charge >= 0.3 is 6.09 Å². The van der Waals surface area contributed by atoms with Gasteiger partial charge in [-0.2, -0.15) is 0 Å². The van der Waals surface area contributed by atoms with E-state index < -0.39 is 18.4 Å². The van der Waals surface area contributed by atoms with E-state index in [1.807, 2.05) is 30.3 Å². The number of cyclic esters (lactones) is 1. The monoisotopic (exact) mass is 251 g/mol. The van der Waals surface area contributed by atoms with E-state index in [2.05, 4.69) is 0 Å². The summed E-state index contributed by atoms with van der Waals surface area (Å²) in [6.45, 7) is 1.86. The third kappa shape index (κ3) is 2.32. The molecular weight excluding hydrogens is 234 g/mol. The summed E-state index contributed by atoms with van der Waals surface area (Å²) in [7, 11) is 1.46. The second-order valence-corrected chi connectivity index (χ2v) is 4.28. The molecule has 18 heavy (non-hydrogen) atoms. The molecule has 3 atom stereocenters. The molecule has 1 aliphatic heterocycles. The van der Waals surface area contributed by atoms with Crippen LogP contribution in [0.4, 0.5) is 4.79 Å². The van der Waals surface area contributed by atoms with Gasteiger partial charge in [-0.25, -0.2) is 4.79 Å². The Kier molecular flexibility index (Phi) is 3.84. The highest BCUT2D eigenvalue weighted by atomic mass is 16.6. The molecule has 2 rings (SSSR count). The van der Waals surface area contributed by atoms with Crippen LogP contribution in [-0.4, -0.2) is 42.1 Å². The smallest absolute Gasteiger partial charge is 0.412 e. The van der Waals surface area contributed by atoms with E-state index in [1.165, 1.54) is 12.0 Å². The summed E-state index contributed by atoms with van der Waals surface area (Å²) < 4.78 is 10.3. The lowest BCUT2D eigenvalue weighted by molar-refractivity contribution is -0.0873. The number of carbonyl (C=O) groups is 1. The quantitative estimate of drug-likeness (QED) is 0.881. The number of hydrogen-bond donors (Lipinski definition) is 1. The van der Waals surface area contributed by atoms with Crippen LogP contribution in [0, 0.1) is 0 Å². The van der Waals surface area contributed by atoms with E-state index in [4.69, 9.17) is 9.47 Å². The molecule has 1 aliphatic rings. The lowest BCUT2D eigenvalue weighted by Gasteiger charge is -2.31. The van der Waals surface area contributed by atoms with Gasteiger partial charge < -0.3 is 14.6 Å². The normalized spacial score (nSPS) is 22.7. The number of hydrogen-bond acceptors (Lipinski definition) is 4. The van der Waals surface area contributed by atoms with Gasteiger partial charge in [-0.15, -0.1) is 0 Å². The lowest BCUT2D eigenvalue weighted by Crippen LogP contribution is -2.45. The van der Waals surface area contributed by atoms with Crippen molar-refractivity contribution in [2.45, 2.75) is 25.3 Å². The molecule has 1 N–H and O–H groups in total. The van der Waals surface area contributed by atoms with Crippen molar-refractivity contribution in [3.8, 4) is 0 Å². The number of amides is 1. The van der Waals surface area contributed by atoms with Crippen LogP contribution < -0.4 is 0 Å². The summed E-state index contributed by atoms with van der Waals surface area (Å²) in [4.78, 5) is 13.2. The molecule has 1 aromatic carbocycles. The average molecular weight is 251 g/mol. The largest absolute Gasteiger partial charge is 0.447 e.